The van der Waals surface area contributed by atoms with Crippen LogP contribution in [-0.2, 0) is 16.6 Å². The number of halogens is 1. The van der Waals surface area contributed by atoms with Crippen molar-refractivity contribution in [2.45, 2.75) is 6.42 Å². The molecular formula is C3H5FN4O2S. The zero-order valence-electron chi connectivity index (χ0n) is 5.36. The summed E-state index contributed by atoms with van der Waals surface area (Å²) in [6.45, 7) is 0. The summed E-state index contributed by atoms with van der Waals surface area (Å²) in [5, 5.41) is 12.2. The van der Waals surface area contributed by atoms with Gasteiger partial charge in [-0.05, 0) is 0 Å². The van der Waals surface area contributed by atoms with Crippen LogP contribution in [0.15, 0.2) is 0 Å². The highest BCUT2D eigenvalue weighted by Gasteiger charge is 2.09. The molecule has 0 aliphatic carbocycles. The molecule has 0 atom stereocenters. The third-order valence-corrected chi connectivity index (χ3v) is 1.65. The Balaban J connectivity index is 2.48. The van der Waals surface area contributed by atoms with Crippen LogP contribution < -0.4 is 0 Å². The van der Waals surface area contributed by atoms with Gasteiger partial charge in [-0.1, -0.05) is 5.21 Å². The topological polar surface area (TPSA) is 88.6 Å². The van der Waals surface area contributed by atoms with Gasteiger partial charge in [-0.15, -0.1) is 14.1 Å². The summed E-state index contributed by atoms with van der Waals surface area (Å²) < 4.78 is 31.8. The van der Waals surface area contributed by atoms with Crippen LogP contribution in [0.25, 0.3) is 0 Å². The monoisotopic (exact) mass is 180 g/mol. The second kappa shape index (κ2) is 2.91. The molecular weight excluding hydrogens is 175 g/mol. The van der Waals surface area contributed by atoms with E-state index in [0.717, 1.165) is 0 Å². The minimum atomic E-state index is -4.42. The summed E-state index contributed by atoms with van der Waals surface area (Å²) in [7, 11) is -4.42. The number of tetrazole rings is 1. The Bertz CT molecular complexity index is 306. The average molecular weight is 180 g/mol. The number of aryl methyl sites for hydroxylation is 1. The van der Waals surface area contributed by atoms with Crippen LogP contribution in [0.5, 0.6) is 0 Å². The summed E-state index contributed by atoms with van der Waals surface area (Å²) in [6.07, 6.45) is -0.0602. The summed E-state index contributed by atoms with van der Waals surface area (Å²) in [4.78, 5) is 0. The minimum absolute atomic E-state index is 0.0602. The van der Waals surface area contributed by atoms with Gasteiger partial charge < -0.3 is 0 Å². The van der Waals surface area contributed by atoms with E-state index in [1.807, 2.05) is 0 Å². The van der Waals surface area contributed by atoms with Gasteiger partial charge in [-0.25, -0.2) is 0 Å². The maximum Gasteiger partial charge on any atom is 0.302 e. The lowest BCUT2D eigenvalue weighted by atomic mass is 10.5. The maximum atomic E-state index is 11.9. The third-order valence-electron chi connectivity index (χ3n) is 0.959. The Labute approximate surface area is 62.0 Å². The number of nitrogens with one attached hydrogen (secondary N) is 1. The predicted molar refractivity (Wildman–Crippen MR) is 32.8 cm³/mol. The van der Waals surface area contributed by atoms with E-state index in [9.17, 15) is 12.3 Å². The van der Waals surface area contributed by atoms with Crippen LogP contribution in [0, 0.1) is 0 Å². The number of rotatable bonds is 3. The van der Waals surface area contributed by atoms with Crippen molar-refractivity contribution in [1.29, 1.82) is 0 Å². The van der Waals surface area contributed by atoms with E-state index >= 15 is 0 Å². The lowest BCUT2D eigenvalue weighted by molar-refractivity contribution is 0.550. The molecule has 1 heterocycles. The second-order valence-corrected chi connectivity index (χ2v) is 3.31. The molecule has 0 aromatic carbocycles. The quantitative estimate of drug-likeness (QED) is 0.605. The molecule has 0 radical (unpaired) electrons. The zero-order chi connectivity index (χ0) is 8.32. The standard InChI is InChI=1S/C3H5FN4O2S/c4-11(9,10)2-1-3-5-7-8-6-3/h1-2H2,(H,5,6,7,8). The van der Waals surface area contributed by atoms with Crippen molar-refractivity contribution in [2.24, 2.45) is 0 Å². The fourth-order valence-corrected chi connectivity index (χ4v) is 0.928. The molecule has 0 saturated carbocycles. The average Bonchev–Trinajstić information content (AvgIpc) is 2.32. The van der Waals surface area contributed by atoms with Crippen molar-refractivity contribution in [2.75, 3.05) is 5.75 Å². The lowest BCUT2D eigenvalue weighted by Crippen LogP contribution is -2.03. The highest BCUT2D eigenvalue weighted by Crippen LogP contribution is 1.94. The number of aromatic amines is 1. The summed E-state index contributed by atoms with van der Waals surface area (Å²) in [5.74, 6) is -0.418. The van der Waals surface area contributed by atoms with Gasteiger partial charge in [0.05, 0.1) is 5.75 Å². The molecule has 0 aliphatic heterocycles. The molecule has 1 aromatic rings. The minimum Gasteiger partial charge on any atom is -0.195 e. The maximum absolute atomic E-state index is 11.9. The molecule has 0 saturated heterocycles. The number of nitrogens with zero attached hydrogens (tertiary/aromatic N) is 3. The number of hydrogen-bond acceptors (Lipinski definition) is 5. The molecule has 11 heavy (non-hydrogen) atoms. The highest BCUT2D eigenvalue weighted by atomic mass is 32.3. The van der Waals surface area contributed by atoms with Gasteiger partial charge in [0.2, 0.25) is 0 Å². The lowest BCUT2D eigenvalue weighted by Gasteiger charge is -1.87. The zero-order valence-corrected chi connectivity index (χ0v) is 6.18. The van der Waals surface area contributed by atoms with E-state index in [1.165, 1.54) is 0 Å². The molecule has 0 amide bonds. The number of H-pyrrole nitrogens is 1. The first-order valence-electron chi connectivity index (χ1n) is 2.72. The van der Waals surface area contributed by atoms with E-state index in [2.05, 4.69) is 20.6 Å². The normalized spacial score (nSPS) is 11.7. The number of aromatic nitrogens is 4. The molecule has 0 fully saturated rings. The molecule has 1 aromatic heterocycles. The van der Waals surface area contributed by atoms with Gasteiger partial charge >= 0.3 is 10.2 Å². The largest absolute Gasteiger partial charge is 0.302 e. The van der Waals surface area contributed by atoms with Crippen LogP contribution in [0.2, 0.25) is 0 Å². The van der Waals surface area contributed by atoms with Gasteiger partial charge in [0.1, 0.15) is 0 Å². The summed E-state index contributed by atoms with van der Waals surface area (Å²) >= 11 is 0. The molecule has 1 N–H and O–H groups in total. The van der Waals surface area contributed by atoms with Crippen LogP contribution in [0.1, 0.15) is 5.82 Å². The van der Waals surface area contributed by atoms with Crippen LogP contribution in [0.4, 0.5) is 3.89 Å². The van der Waals surface area contributed by atoms with E-state index < -0.39 is 16.0 Å². The molecule has 6 nitrogen and oxygen atoms in total. The van der Waals surface area contributed by atoms with Crippen molar-refractivity contribution in [3.63, 3.8) is 0 Å². The van der Waals surface area contributed by atoms with E-state index in [0.29, 0.717) is 0 Å². The Morgan fingerprint density at radius 3 is 2.73 bits per heavy atom. The van der Waals surface area contributed by atoms with E-state index in [-0.39, 0.29) is 12.2 Å². The first-order valence-corrected chi connectivity index (χ1v) is 4.28. The second-order valence-electron chi connectivity index (χ2n) is 1.82. The van der Waals surface area contributed by atoms with E-state index in [1.54, 1.807) is 0 Å². The third kappa shape index (κ3) is 3.03. The van der Waals surface area contributed by atoms with Crippen molar-refractivity contribution in [3.05, 3.63) is 5.82 Å². The van der Waals surface area contributed by atoms with Gasteiger partial charge in [-0.3, -0.25) is 0 Å². The van der Waals surface area contributed by atoms with E-state index in [4.69, 9.17) is 0 Å². The Hall–Kier alpha value is -1.05. The Kier molecular flexibility index (Phi) is 2.13. The van der Waals surface area contributed by atoms with Crippen LogP contribution >= 0.6 is 0 Å². The smallest absolute Gasteiger partial charge is 0.195 e. The summed E-state index contributed by atoms with van der Waals surface area (Å²) in [5.41, 5.74) is 0. The molecule has 1 rings (SSSR count). The first-order chi connectivity index (χ1) is 5.08. The fraction of sp³-hybridized carbons (Fsp3) is 0.667. The SMILES string of the molecule is O=S(=O)(F)CCc1nn[nH]n1. The highest BCUT2D eigenvalue weighted by molar-refractivity contribution is 7.86. The van der Waals surface area contributed by atoms with Gasteiger partial charge in [0.25, 0.3) is 0 Å². The van der Waals surface area contributed by atoms with Crippen LogP contribution in [-0.4, -0.2) is 34.8 Å². The van der Waals surface area contributed by atoms with Crippen molar-refractivity contribution in [1.82, 2.24) is 20.6 Å². The molecule has 0 unspecified atom stereocenters. The van der Waals surface area contributed by atoms with Crippen molar-refractivity contribution < 1.29 is 12.3 Å². The Morgan fingerprint density at radius 2 is 2.27 bits per heavy atom. The van der Waals surface area contributed by atoms with Crippen molar-refractivity contribution >= 4 is 10.2 Å². The molecule has 62 valence electrons. The molecule has 8 heteroatoms. The predicted octanol–water partition coefficient (Wildman–Crippen LogP) is -0.959. The summed E-state index contributed by atoms with van der Waals surface area (Å²) in [6, 6.07) is 0. The molecule has 0 spiro atoms. The molecule has 0 aliphatic rings. The van der Waals surface area contributed by atoms with Crippen LogP contribution in [0.3, 0.4) is 0 Å². The van der Waals surface area contributed by atoms with Gasteiger partial charge in [0, 0.05) is 6.42 Å². The van der Waals surface area contributed by atoms with Gasteiger partial charge in [-0.2, -0.15) is 13.6 Å². The Morgan fingerprint density at radius 1 is 1.55 bits per heavy atom. The number of hydrogen-bond donors (Lipinski definition) is 1. The molecule has 0 bridgehead atoms. The van der Waals surface area contributed by atoms with Crippen molar-refractivity contribution in [3.8, 4) is 0 Å². The first kappa shape index (κ1) is 8.05. The fourth-order valence-electron chi connectivity index (χ4n) is 0.502. The van der Waals surface area contributed by atoms with Gasteiger partial charge in [0.15, 0.2) is 5.82 Å².